The highest BCUT2D eigenvalue weighted by molar-refractivity contribution is 6.35. The zero-order valence-electron chi connectivity index (χ0n) is 15.1. The van der Waals surface area contributed by atoms with E-state index in [0.717, 1.165) is 5.56 Å². The first kappa shape index (κ1) is 20.2. The Kier molecular flexibility index (Phi) is 7.00. The van der Waals surface area contributed by atoms with Gasteiger partial charge in [0.15, 0.2) is 11.5 Å². The molecule has 1 amide bonds. The van der Waals surface area contributed by atoms with Gasteiger partial charge in [-0.05, 0) is 30.7 Å². The van der Waals surface area contributed by atoms with E-state index in [-0.39, 0.29) is 18.4 Å². The van der Waals surface area contributed by atoms with E-state index in [4.69, 9.17) is 37.4 Å². The van der Waals surface area contributed by atoms with Crippen LogP contribution in [0.15, 0.2) is 30.3 Å². The quantitative estimate of drug-likeness (QED) is 0.749. The number of hydrogen-bond acceptors (Lipinski definition) is 4. The van der Waals surface area contributed by atoms with E-state index in [1.165, 1.54) is 14.2 Å². The molecular weight excluding hydrogens is 377 g/mol. The van der Waals surface area contributed by atoms with E-state index < -0.39 is 0 Å². The molecule has 1 N–H and O–H groups in total. The van der Waals surface area contributed by atoms with Crippen molar-refractivity contribution < 1.29 is 19.0 Å². The molecule has 26 heavy (non-hydrogen) atoms. The molecule has 0 bridgehead atoms. The number of carbonyl (C=O) groups excluding carboxylic acids is 1. The Balaban J connectivity index is 2.17. The summed E-state index contributed by atoms with van der Waals surface area (Å²) in [5.41, 5.74) is 1.49. The zero-order valence-corrected chi connectivity index (χ0v) is 16.6. The third-order valence-electron chi connectivity index (χ3n) is 3.94. The van der Waals surface area contributed by atoms with Gasteiger partial charge < -0.3 is 19.5 Å². The van der Waals surface area contributed by atoms with Crippen molar-refractivity contribution in [3.63, 3.8) is 0 Å². The SMILES string of the molecule is COc1ccc(CC(=O)N[C@@H](C)c2ccc(Cl)cc2Cl)c(OC)c1OC. The van der Waals surface area contributed by atoms with Gasteiger partial charge in [0.25, 0.3) is 0 Å². The lowest BCUT2D eigenvalue weighted by Gasteiger charge is -2.18. The Bertz CT molecular complexity index is 795. The van der Waals surface area contributed by atoms with Gasteiger partial charge in [-0.3, -0.25) is 4.79 Å². The maximum Gasteiger partial charge on any atom is 0.225 e. The Morgan fingerprint density at radius 2 is 1.73 bits per heavy atom. The van der Waals surface area contributed by atoms with E-state index in [9.17, 15) is 4.79 Å². The third kappa shape index (κ3) is 4.54. The van der Waals surface area contributed by atoms with Crippen LogP contribution in [0.4, 0.5) is 0 Å². The van der Waals surface area contributed by atoms with Gasteiger partial charge in [0.2, 0.25) is 11.7 Å². The minimum atomic E-state index is -0.265. The van der Waals surface area contributed by atoms with E-state index in [1.807, 2.05) is 6.92 Å². The molecule has 0 saturated heterocycles. The second kappa shape index (κ2) is 9.01. The fourth-order valence-electron chi connectivity index (χ4n) is 2.70. The van der Waals surface area contributed by atoms with Crippen molar-refractivity contribution in [2.45, 2.75) is 19.4 Å². The largest absolute Gasteiger partial charge is 0.493 e. The first-order chi connectivity index (χ1) is 12.4. The van der Waals surface area contributed by atoms with Gasteiger partial charge in [-0.2, -0.15) is 0 Å². The first-order valence-electron chi connectivity index (χ1n) is 7.93. The van der Waals surface area contributed by atoms with Crippen molar-refractivity contribution >= 4 is 29.1 Å². The number of halogens is 2. The predicted octanol–water partition coefficient (Wildman–Crippen LogP) is 4.44. The summed E-state index contributed by atoms with van der Waals surface area (Å²) in [6, 6.07) is 8.44. The van der Waals surface area contributed by atoms with Gasteiger partial charge in [-0.25, -0.2) is 0 Å². The molecule has 0 saturated carbocycles. The Hall–Kier alpha value is -2.11. The summed E-state index contributed by atoms with van der Waals surface area (Å²) in [7, 11) is 4.59. The third-order valence-corrected chi connectivity index (χ3v) is 4.51. The summed E-state index contributed by atoms with van der Waals surface area (Å²) in [6.45, 7) is 1.86. The maximum absolute atomic E-state index is 12.5. The summed E-state index contributed by atoms with van der Waals surface area (Å²) in [6.07, 6.45) is 0.124. The lowest BCUT2D eigenvalue weighted by Crippen LogP contribution is -2.28. The average Bonchev–Trinajstić information content (AvgIpc) is 2.60. The summed E-state index contributed by atoms with van der Waals surface area (Å²) in [5, 5.41) is 3.99. The maximum atomic E-state index is 12.5. The monoisotopic (exact) mass is 397 g/mol. The Morgan fingerprint density at radius 1 is 1.04 bits per heavy atom. The second-order valence-corrected chi connectivity index (χ2v) is 6.47. The van der Waals surface area contributed by atoms with Crippen molar-refractivity contribution in [3.8, 4) is 17.2 Å². The van der Waals surface area contributed by atoms with Crippen LogP contribution in [0.5, 0.6) is 17.2 Å². The number of amides is 1. The predicted molar refractivity (Wildman–Crippen MR) is 103 cm³/mol. The molecule has 5 nitrogen and oxygen atoms in total. The Labute approximate surface area is 163 Å². The van der Waals surface area contributed by atoms with Crippen molar-refractivity contribution in [1.82, 2.24) is 5.32 Å². The van der Waals surface area contributed by atoms with Crippen LogP contribution < -0.4 is 19.5 Å². The van der Waals surface area contributed by atoms with Gasteiger partial charge in [-0.15, -0.1) is 0 Å². The van der Waals surface area contributed by atoms with Crippen molar-refractivity contribution in [1.29, 1.82) is 0 Å². The average molecular weight is 398 g/mol. The molecule has 0 heterocycles. The van der Waals surface area contributed by atoms with Crippen LogP contribution in [-0.4, -0.2) is 27.2 Å². The number of benzene rings is 2. The highest BCUT2D eigenvalue weighted by atomic mass is 35.5. The standard InChI is InChI=1S/C19H21Cl2NO4/c1-11(14-7-6-13(20)10-15(14)21)22-17(23)9-12-5-8-16(24-2)19(26-4)18(12)25-3/h5-8,10-11H,9H2,1-4H3,(H,22,23)/t11-/m0/s1. The van der Waals surface area contributed by atoms with Gasteiger partial charge in [-0.1, -0.05) is 35.3 Å². The lowest BCUT2D eigenvalue weighted by molar-refractivity contribution is -0.121. The molecule has 140 valence electrons. The molecule has 0 spiro atoms. The number of methoxy groups -OCH3 is 3. The molecule has 2 aromatic rings. The van der Waals surface area contributed by atoms with Crippen LogP contribution in [0, 0.1) is 0 Å². The number of carbonyl (C=O) groups is 1. The Morgan fingerprint density at radius 3 is 2.31 bits per heavy atom. The smallest absolute Gasteiger partial charge is 0.225 e. The molecule has 0 aliphatic rings. The molecule has 1 atom stereocenters. The number of nitrogens with one attached hydrogen (secondary N) is 1. The summed E-state index contributed by atoms with van der Waals surface area (Å²) >= 11 is 12.1. The van der Waals surface area contributed by atoms with Gasteiger partial charge in [0, 0.05) is 15.6 Å². The number of ether oxygens (including phenoxy) is 3. The molecule has 0 aromatic heterocycles. The number of hydrogen-bond donors (Lipinski definition) is 1. The molecular formula is C19H21Cl2NO4. The minimum Gasteiger partial charge on any atom is -0.493 e. The lowest BCUT2D eigenvalue weighted by atomic mass is 10.1. The van der Waals surface area contributed by atoms with Crippen molar-refractivity contribution in [2.75, 3.05) is 21.3 Å². The topological polar surface area (TPSA) is 56.8 Å². The normalized spacial score (nSPS) is 11.6. The van der Waals surface area contributed by atoms with Crippen LogP contribution in [0.3, 0.4) is 0 Å². The summed E-state index contributed by atoms with van der Waals surface area (Å²) in [5.74, 6) is 1.29. The highest BCUT2D eigenvalue weighted by Gasteiger charge is 2.19. The van der Waals surface area contributed by atoms with E-state index in [1.54, 1.807) is 37.4 Å². The van der Waals surface area contributed by atoms with E-state index in [0.29, 0.717) is 32.9 Å². The number of rotatable bonds is 7. The molecule has 0 fully saturated rings. The van der Waals surface area contributed by atoms with Gasteiger partial charge >= 0.3 is 0 Å². The molecule has 0 unspecified atom stereocenters. The van der Waals surface area contributed by atoms with Crippen LogP contribution in [0.1, 0.15) is 24.1 Å². The molecule has 2 aromatic carbocycles. The zero-order chi connectivity index (χ0) is 19.3. The minimum absolute atomic E-state index is 0.124. The fourth-order valence-corrected chi connectivity index (χ4v) is 3.27. The van der Waals surface area contributed by atoms with Gasteiger partial charge in [0.05, 0.1) is 33.8 Å². The van der Waals surface area contributed by atoms with Crippen LogP contribution in [0.25, 0.3) is 0 Å². The van der Waals surface area contributed by atoms with Crippen molar-refractivity contribution in [2.24, 2.45) is 0 Å². The summed E-state index contributed by atoms with van der Waals surface area (Å²) in [4.78, 5) is 12.5. The molecule has 0 aliphatic heterocycles. The van der Waals surface area contributed by atoms with Gasteiger partial charge in [0.1, 0.15) is 0 Å². The molecule has 2 rings (SSSR count). The van der Waals surface area contributed by atoms with Crippen LogP contribution >= 0.6 is 23.2 Å². The molecule has 0 aliphatic carbocycles. The van der Waals surface area contributed by atoms with E-state index >= 15 is 0 Å². The van der Waals surface area contributed by atoms with Crippen molar-refractivity contribution in [3.05, 3.63) is 51.5 Å². The first-order valence-corrected chi connectivity index (χ1v) is 8.69. The fraction of sp³-hybridized carbons (Fsp3) is 0.316. The van der Waals surface area contributed by atoms with Crippen LogP contribution in [-0.2, 0) is 11.2 Å². The summed E-state index contributed by atoms with van der Waals surface area (Å²) < 4.78 is 16.0. The van der Waals surface area contributed by atoms with E-state index in [2.05, 4.69) is 5.32 Å². The molecule has 7 heteroatoms. The molecule has 0 radical (unpaired) electrons. The van der Waals surface area contributed by atoms with Crippen LogP contribution in [0.2, 0.25) is 10.0 Å². The highest BCUT2D eigenvalue weighted by Crippen LogP contribution is 2.40. The second-order valence-electron chi connectivity index (χ2n) is 5.63.